The highest BCUT2D eigenvalue weighted by Gasteiger charge is 2.23. The molecule has 2 heterocycles. The minimum Gasteiger partial charge on any atom is -0.452 e. The van der Waals surface area contributed by atoms with E-state index in [9.17, 15) is 18.4 Å². The summed E-state index contributed by atoms with van der Waals surface area (Å²) >= 11 is 1.66. The quantitative estimate of drug-likeness (QED) is 0.809. The number of ether oxygens (including phenoxy) is 1. The zero-order chi connectivity index (χ0) is 16.4. The van der Waals surface area contributed by atoms with Crippen LogP contribution in [0.1, 0.15) is 20.8 Å². The molecule has 0 saturated heterocycles. The van der Waals surface area contributed by atoms with E-state index in [0.29, 0.717) is 19.2 Å². The van der Waals surface area contributed by atoms with Gasteiger partial charge in [-0.2, -0.15) is 0 Å². The van der Waals surface area contributed by atoms with Crippen molar-refractivity contribution in [1.82, 2.24) is 4.90 Å². The third-order valence-electron chi connectivity index (χ3n) is 3.64. The second kappa shape index (κ2) is 6.45. The maximum atomic E-state index is 13.5. The molecule has 0 bridgehead atoms. The molecular weight excluding hydrogens is 324 g/mol. The lowest BCUT2D eigenvalue weighted by atomic mass is 10.1. The van der Waals surface area contributed by atoms with Gasteiger partial charge in [0.2, 0.25) is 0 Å². The molecule has 0 radical (unpaired) electrons. The van der Waals surface area contributed by atoms with Gasteiger partial charge in [0, 0.05) is 24.0 Å². The van der Waals surface area contributed by atoms with Gasteiger partial charge in [-0.15, -0.1) is 11.3 Å². The monoisotopic (exact) mass is 337 g/mol. The molecule has 1 aromatic carbocycles. The molecule has 1 amide bonds. The fourth-order valence-corrected chi connectivity index (χ4v) is 3.30. The van der Waals surface area contributed by atoms with Gasteiger partial charge in [-0.3, -0.25) is 4.79 Å². The van der Waals surface area contributed by atoms with Crippen molar-refractivity contribution in [2.24, 2.45) is 0 Å². The Morgan fingerprint density at radius 3 is 2.87 bits per heavy atom. The molecule has 0 unspecified atom stereocenters. The molecule has 4 nitrogen and oxygen atoms in total. The smallest absolute Gasteiger partial charge is 0.341 e. The van der Waals surface area contributed by atoms with Gasteiger partial charge in [-0.1, -0.05) is 0 Å². The number of hydrogen-bond acceptors (Lipinski definition) is 4. The number of benzene rings is 1. The highest BCUT2D eigenvalue weighted by atomic mass is 32.1. The summed E-state index contributed by atoms with van der Waals surface area (Å²) in [6.45, 7) is 0.587. The lowest BCUT2D eigenvalue weighted by Gasteiger charge is -2.26. The van der Waals surface area contributed by atoms with Gasteiger partial charge in [-0.05, 0) is 35.6 Å². The second-order valence-electron chi connectivity index (χ2n) is 5.13. The lowest BCUT2D eigenvalue weighted by Crippen LogP contribution is -2.38. The van der Waals surface area contributed by atoms with E-state index in [-0.39, 0.29) is 5.91 Å². The summed E-state index contributed by atoms with van der Waals surface area (Å²) in [6, 6.07) is 4.53. The highest BCUT2D eigenvalue weighted by Crippen LogP contribution is 2.24. The highest BCUT2D eigenvalue weighted by molar-refractivity contribution is 7.10. The van der Waals surface area contributed by atoms with Crippen molar-refractivity contribution >= 4 is 23.2 Å². The van der Waals surface area contributed by atoms with Crippen molar-refractivity contribution in [2.45, 2.75) is 13.0 Å². The normalized spacial score (nSPS) is 13.6. The van der Waals surface area contributed by atoms with Gasteiger partial charge in [0.05, 0.1) is 5.56 Å². The van der Waals surface area contributed by atoms with Crippen LogP contribution in [0.2, 0.25) is 0 Å². The van der Waals surface area contributed by atoms with Gasteiger partial charge < -0.3 is 9.64 Å². The number of carbonyl (C=O) groups is 2. The van der Waals surface area contributed by atoms with Crippen LogP contribution in [-0.4, -0.2) is 29.9 Å². The fraction of sp³-hybridized carbons (Fsp3) is 0.250. The number of fused-ring (bicyclic) bond motifs is 1. The zero-order valence-electron chi connectivity index (χ0n) is 12.1. The number of carbonyl (C=O) groups excluding carboxylic acids is 2. The maximum Gasteiger partial charge on any atom is 0.341 e. The first-order chi connectivity index (χ1) is 11.0. The Balaban J connectivity index is 1.58. The molecule has 2 aromatic rings. The average Bonchev–Trinajstić information content (AvgIpc) is 2.99. The number of nitrogens with zero attached hydrogens (tertiary/aromatic N) is 1. The number of thiophene rings is 1. The summed E-state index contributed by atoms with van der Waals surface area (Å²) in [5.74, 6) is -3.11. The molecule has 120 valence electrons. The number of amides is 1. The van der Waals surface area contributed by atoms with Crippen molar-refractivity contribution < 1.29 is 23.1 Å². The third-order valence-corrected chi connectivity index (χ3v) is 4.66. The molecule has 0 fully saturated rings. The first-order valence-electron chi connectivity index (χ1n) is 7.00. The predicted molar refractivity (Wildman–Crippen MR) is 80.1 cm³/mol. The summed E-state index contributed by atoms with van der Waals surface area (Å²) < 4.78 is 31.1. The second-order valence-corrected chi connectivity index (χ2v) is 6.14. The van der Waals surface area contributed by atoms with Crippen LogP contribution >= 0.6 is 11.3 Å². The summed E-state index contributed by atoms with van der Waals surface area (Å²) in [5, 5.41) is 1.98. The van der Waals surface area contributed by atoms with Gasteiger partial charge in [0.1, 0.15) is 11.6 Å². The summed E-state index contributed by atoms with van der Waals surface area (Å²) in [5.41, 5.74) is 0.712. The largest absolute Gasteiger partial charge is 0.452 e. The number of halogens is 2. The number of hydrogen-bond donors (Lipinski definition) is 0. The van der Waals surface area contributed by atoms with E-state index in [0.717, 1.165) is 24.1 Å². The fourth-order valence-electron chi connectivity index (χ4n) is 2.41. The first kappa shape index (κ1) is 15.6. The minimum absolute atomic E-state index is 0.335. The number of esters is 1. The third kappa shape index (κ3) is 3.39. The number of rotatable bonds is 3. The molecule has 1 aliphatic heterocycles. The zero-order valence-corrected chi connectivity index (χ0v) is 12.9. The molecule has 1 aromatic heterocycles. The minimum atomic E-state index is -1.01. The summed E-state index contributed by atoms with van der Waals surface area (Å²) in [7, 11) is 0. The van der Waals surface area contributed by atoms with Crippen molar-refractivity contribution in [3.05, 3.63) is 57.3 Å². The molecule has 0 N–H and O–H groups in total. The van der Waals surface area contributed by atoms with Gasteiger partial charge in [0.25, 0.3) is 5.91 Å². The molecule has 0 spiro atoms. The van der Waals surface area contributed by atoms with Crippen molar-refractivity contribution in [3.63, 3.8) is 0 Å². The standard InChI is InChI=1S/C16H13F2NO3S/c17-11-1-2-12(13(18)7-11)16(21)22-9-15(20)19-5-3-14-10(8-19)4-6-23-14/h1-2,4,6-7H,3,5,8-9H2. The Morgan fingerprint density at radius 2 is 2.09 bits per heavy atom. The predicted octanol–water partition coefficient (Wildman–Crippen LogP) is 2.77. The van der Waals surface area contributed by atoms with Crippen LogP contribution in [0.3, 0.4) is 0 Å². The van der Waals surface area contributed by atoms with Crippen molar-refractivity contribution in [2.75, 3.05) is 13.2 Å². The molecule has 0 aliphatic carbocycles. The van der Waals surface area contributed by atoms with Crippen LogP contribution in [0.4, 0.5) is 8.78 Å². The molecule has 3 rings (SSSR count). The van der Waals surface area contributed by atoms with E-state index >= 15 is 0 Å². The van der Waals surface area contributed by atoms with Crippen molar-refractivity contribution in [3.8, 4) is 0 Å². The van der Waals surface area contributed by atoms with Gasteiger partial charge in [0.15, 0.2) is 6.61 Å². The van der Waals surface area contributed by atoms with Crippen LogP contribution in [0.25, 0.3) is 0 Å². The van der Waals surface area contributed by atoms with Crippen LogP contribution in [-0.2, 0) is 22.5 Å². The van der Waals surface area contributed by atoms with Gasteiger partial charge in [-0.25, -0.2) is 13.6 Å². The lowest BCUT2D eigenvalue weighted by molar-refractivity contribution is -0.135. The van der Waals surface area contributed by atoms with E-state index in [2.05, 4.69) is 0 Å². The van der Waals surface area contributed by atoms with Crippen LogP contribution in [0, 0.1) is 11.6 Å². The Hall–Kier alpha value is -2.28. The Kier molecular flexibility index (Phi) is 4.38. The van der Waals surface area contributed by atoms with E-state index in [1.165, 1.54) is 4.88 Å². The first-order valence-corrected chi connectivity index (χ1v) is 7.88. The van der Waals surface area contributed by atoms with E-state index in [1.54, 1.807) is 16.2 Å². The summed E-state index contributed by atoms with van der Waals surface area (Å²) in [6.07, 6.45) is 0.777. The molecule has 0 atom stereocenters. The van der Waals surface area contributed by atoms with E-state index in [1.807, 2.05) is 11.4 Å². The molecule has 7 heteroatoms. The maximum absolute atomic E-state index is 13.5. The average molecular weight is 337 g/mol. The van der Waals surface area contributed by atoms with Crippen LogP contribution < -0.4 is 0 Å². The van der Waals surface area contributed by atoms with Crippen LogP contribution in [0.15, 0.2) is 29.6 Å². The molecule has 23 heavy (non-hydrogen) atoms. The molecule has 0 saturated carbocycles. The van der Waals surface area contributed by atoms with Crippen molar-refractivity contribution in [1.29, 1.82) is 0 Å². The Bertz CT molecular complexity index is 760. The topological polar surface area (TPSA) is 46.6 Å². The van der Waals surface area contributed by atoms with E-state index < -0.39 is 29.8 Å². The van der Waals surface area contributed by atoms with Crippen LogP contribution in [0.5, 0.6) is 0 Å². The Morgan fingerprint density at radius 1 is 1.26 bits per heavy atom. The Labute approximate surface area is 135 Å². The molecule has 1 aliphatic rings. The SMILES string of the molecule is O=C(OCC(=O)N1CCc2sccc2C1)c1ccc(F)cc1F. The van der Waals surface area contributed by atoms with E-state index in [4.69, 9.17) is 4.74 Å². The van der Waals surface area contributed by atoms with Gasteiger partial charge >= 0.3 is 5.97 Å². The summed E-state index contributed by atoms with van der Waals surface area (Å²) in [4.78, 5) is 26.7. The molecular formula is C16H13F2NO3S.